The molecule has 1 aromatic carbocycles. The normalized spacial score (nSPS) is 13.5. The van der Waals surface area contributed by atoms with Gasteiger partial charge in [-0.05, 0) is 30.2 Å². The number of fused-ring (bicyclic) bond motifs is 1. The van der Waals surface area contributed by atoms with Crippen LogP contribution in [-0.2, 0) is 6.54 Å². The van der Waals surface area contributed by atoms with E-state index < -0.39 is 6.10 Å². The highest BCUT2D eigenvalue weighted by Crippen LogP contribution is 2.25. The van der Waals surface area contributed by atoms with E-state index >= 15 is 0 Å². The maximum atomic E-state index is 10.0. The first kappa shape index (κ1) is 19.1. The van der Waals surface area contributed by atoms with Crippen LogP contribution in [0.25, 0.3) is 5.52 Å². The third kappa shape index (κ3) is 4.54. The van der Waals surface area contributed by atoms with Crippen molar-refractivity contribution in [2.75, 3.05) is 19.0 Å². The number of nitrogens with one attached hydrogen (secondary N) is 2. The molecular formula is C19H26N6O2. The zero-order chi connectivity index (χ0) is 19.2. The maximum Gasteiger partial charge on any atom is 0.158 e. The number of hydrogen-bond acceptors (Lipinski definition) is 7. The Kier molecular flexibility index (Phi) is 6.23. The van der Waals surface area contributed by atoms with Crippen LogP contribution in [0.4, 0.5) is 11.5 Å². The van der Waals surface area contributed by atoms with Crippen LogP contribution < -0.4 is 21.1 Å². The van der Waals surface area contributed by atoms with Crippen LogP contribution in [0, 0.1) is 0 Å². The first-order chi connectivity index (χ1) is 13.1. The Morgan fingerprint density at radius 3 is 2.96 bits per heavy atom. The number of methoxy groups -OCH3 is 1. The highest BCUT2D eigenvalue weighted by molar-refractivity contribution is 5.76. The number of aliphatic hydroxyl groups is 1. The summed E-state index contributed by atoms with van der Waals surface area (Å²) in [7, 11) is 1.64. The molecular weight excluding hydrogens is 344 g/mol. The van der Waals surface area contributed by atoms with Gasteiger partial charge in [-0.1, -0.05) is 13.0 Å². The molecule has 2 aromatic heterocycles. The number of anilines is 2. The zero-order valence-corrected chi connectivity index (χ0v) is 15.6. The Hall–Kier alpha value is -2.68. The molecule has 27 heavy (non-hydrogen) atoms. The van der Waals surface area contributed by atoms with E-state index in [-0.39, 0.29) is 6.04 Å². The largest absolute Gasteiger partial charge is 0.497 e. The first-order valence-corrected chi connectivity index (χ1v) is 8.99. The van der Waals surface area contributed by atoms with Crippen LogP contribution in [0.15, 0.2) is 42.9 Å². The van der Waals surface area contributed by atoms with Gasteiger partial charge in [0.1, 0.15) is 17.6 Å². The van der Waals surface area contributed by atoms with E-state index in [2.05, 4.69) is 20.7 Å². The topological polar surface area (TPSA) is 110 Å². The average molecular weight is 370 g/mol. The van der Waals surface area contributed by atoms with Crippen LogP contribution in [0.5, 0.6) is 5.75 Å². The molecule has 2 unspecified atom stereocenters. The SMILES string of the molecule is CCC(N)C(O)CNCc1ccn2ncnc(Nc3cccc(OC)c3)c12. The van der Waals surface area contributed by atoms with E-state index in [1.54, 1.807) is 11.6 Å². The molecule has 2 heterocycles. The van der Waals surface area contributed by atoms with Gasteiger partial charge in [0.2, 0.25) is 0 Å². The van der Waals surface area contributed by atoms with Gasteiger partial charge in [0.05, 0.1) is 13.2 Å². The standard InChI is InChI=1S/C19H26N6O2/c1-3-16(20)17(26)11-21-10-13-7-8-25-18(13)19(22-12-23-25)24-14-5-4-6-15(9-14)27-2/h4-9,12,16-17,21,26H,3,10-11,20H2,1-2H3,(H,22,23,24). The summed E-state index contributed by atoms with van der Waals surface area (Å²) in [4.78, 5) is 4.39. The molecule has 2 atom stereocenters. The van der Waals surface area contributed by atoms with Gasteiger partial charge in [-0.3, -0.25) is 0 Å². The second-order valence-corrected chi connectivity index (χ2v) is 6.37. The number of benzene rings is 1. The lowest BCUT2D eigenvalue weighted by molar-refractivity contribution is 0.140. The smallest absolute Gasteiger partial charge is 0.158 e. The number of aromatic nitrogens is 3. The van der Waals surface area contributed by atoms with Crippen molar-refractivity contribution in [2.24, 2.45) is 5.73 Å². The van der Waals surface area contributed by atoms with Crippen LogP contribution in [0.1, 0.15) is 18.9 Å². The molecule has 0 fully saturated rings. The van der Waals surface area contributed by atoms with Crippen molar-refractivity contribution >= 4 is 17.0 Å². The molecule has 0 aliphatic rings. The van der Waals surface area contributed by atoms with Gasteiger partial charge < -0.3 is 26.2 Å². The minimum Gasteiger partial charge on any atom is -0.497 e. The minimum absolute atomic E-state index is 0.225. The summed E-state index contributed by atoms with van der Waals surface area (Å²) in [5.41, 5.74) is 8.64. The Morgan fingerprint density at radius 2 is 2.19 bits per heavy atom. The van der Waals surface area contributed by atoms with E-state index in [4.69, 9.17) is 10.5 Å². The number of rotatable bonds is 9. The van der Waals surface area contributed by atoms with Crippen molar-refractivity contribution in [1.29, 1.82) is 0 Å². The molecule has 3 aromatic rings. The van der Waals surface area contributed by atoms with E-state index in [1.807, 2.05) is 43.5 Å². The Morgan fingerprint density at radius 1 is 1.33 bits per heavy atom. The first-order valence-electron chi connectivity index (χ1n) is 8.99. The van der Waals surface area contributed by atoms with Gasteiger partial charge in [-0.25, -0.2) is 9.50 Å². The molecule has 0 saturated heterocycles. The molecule has 0 radical (unpaired) electrons. The monoisotopic (exact) mass is 370 g/mol. The summed E-state index contributed by atoms with van der Waals surface area (Å²) in [5, 5.41) is 20.9. The second kappa shape index (κ2) is 8.81. The van der Waals surface area contributed by atoms with Crippen molar-refractivity contribution in [3.8, 4) is 5.75 Å². The Bertz CT molecular complexity index is 882. The molecule has 144 valence electrons. The molecule has 8 nitrogen and oxygen atoms in total. The zero-order valence-electron chi connectivity index (χ0n) is 15.6. The van der Waals surface area contributed by atoms with Crippen LogP contribution in [0.2, 0.25) is 0 Å². The fourth-order valence-electron chi connectivity index (χ4n) is 2.87. The van der Waals surface area contributed by atoms with Gasteiger partial charge in [0.15, 0.2) is 5.82 Å². The highest BCUT2D eigenvalue weighted by atomic mass is 16.5. The third-order valence-electron chi connectivity index (χ3n) is 4.50. The van der Waals surface area contributed by atoms with Crippen molar-refractivity contribution in [2.45, 2.75) is 32.0 Å². The molecule has 0 aliphatic carbocycles. The van der Waals surface area contributed by atoms with Crippen molar-refractivity contribution < 1.29 is 9.84 Å². The minimum atomic E-state index is -0.575. The molecule has 8 heteroatoms. The summed E-state index contributed by atoms with van der Waals surface area (Å²) in [6.07, 6.45) is 3.56. The Balaban J connectivity index is 1.77. The number of nitrogens with zero attached hydrogens (tertiary/aromatic N) is 3. The quantitative estimate of drug-likeness (QED) is 0.453. The summed E-state index contributed by atoms with van der Waals surface area (Å²) in [5.74, 6) is 1.47. The fraction of sp³-hybridized carbons (Fsp3) is 0.368. The molecule has 0 spiro atoms. The number of nitrogens with two attached hydrogens (primary N) is 1. The van der Waals surface area contributed by atoms with Gasteiger partial charge in [0.25, 0.3) is 0 Å². The van der Waals surface area contributed by atoms with Gasteiger partial charge in [-0.15, -0.1) is 0 Å². The lowest BCUT2D eigenvalue weighted by atomic mass is 10.1. The van der Waals surface area contributed by atoms with E-state index in [9.17, 15) is 5.11 Å². The lowest BCUT2D eigenvalue weighted by Gasteiger charge is -2.17. The molecule has 0 bridgehead atoms. The molecule has 0 saturated carbocycles. The maximum absolute atomic E-state index is 10.0. The summed E-state index contributed by atoms with van der Waals surface area (Å²) in [6.45, 7) is 2.96. The van der Waals surface area contributed by atoms with E-state index in [0.29, 0.717) is 18.9 Å². The van der Waals surface area contributed by atoms with Crippen LogP contribution in [0.3, 0.4) is 0 Å². The number of ether oxygens (including phenoxy) is 1. The van der Waals surface area contributed by atoms with Crippen molar-refractivity contribution in [3.63, 3.8) is 0 Å². The van der Waals surface area contributed by atoms with E-state index in [1.165, 1.54) is 6.33 Å². The van der Waals surface area contributed by atoms with Crippen molar-refractivity contribution in [1.82, 2.24) is 19.9 Å². The predicted molar refractivity (Wildman–Crippen MR) is 105 cm³/mol. The van der Waals surface area contributed by atoms with Crippen LogP contribution in [-0.4, -0.2) is 45.5 Å². The average Bonchev–Trinajstić information content (AvgIpc) is 3.11. The molecule has 3 rings (SSSR count). The van der Waals surface area contributed by atoms with Crippen molar-refractivity contribution in [3.05, 3.63) is 48.4 Å². The van der Waals surface area contributed by atoms with Crippen LogP contribution >= 0.6 is 0 Å². The third-order valence-corrected chi connectivity index (χ3v) is 4.50. The number of aliphatic hydroxyl groups excluding tert-OH is 1. The van der Waals surface area contributed by atoms with Gasteiger partial charge in [0, 0.05) is 37.1 Å². The summed E-state index contributed by atoms with van der Waals surface area (Å²) >= 11 is 0. The second-order valence-electron chi connectivity index (χ2n) is 6.37. The number of hydrogen-bond donors (Lipinski definition) is 4. The highest BCUT2D eigenvalue weighted by Gasteiger charge is 2.14. The summed E-state index contributed by atoms with van der Waals surface area (Å²) in [6, 6.07) is 9.42. The van der Waals surface area contributed by atoms with Gasteiger partial charge >= 0.3 is 0 Å². The fourth-order valence-corrected chi connectivity index (χ4v) is 2.87. The Labute approximate surface area is 158 Å². The molecule has 5 N–H and O–H groups in total. The molecule has 0 aliphatic heterocycles. The summed E-state index contributed by atoms with van der Waals surface area (Å²) < 4.78 is 7.05. The predicted octanol–water partition coefficient (Wildman–Crippen LogP) is 1.67. The van der Waals surface area contributed by atoms with Gasteiger partial charge in [-0.2, -0.15) is 5.10 Å². The lowest BCUT2D eigenvalue weighted by Crippen LogP contribution is -2.41. The molecule has 0 amide bonds. The van der Waals surface area contributed by atoms with E-state index in [0.717, 1.165) is 28.9 Å².